The Morgan fingerprint density at radius 3 is 2.18 bits per heavy atom. The number of carbonyl (C=O) groups is 3. The Labute approximate surface area is 99.8 Å². The predicted octanol–water partition coefficient (Wildman–Crippen LogP) is -1.18. The van der Waals surface area contributed by atoms with Crippen LogP contribution in [0.25, 0.3) is 0 Å². The van der Waals surface area contributed by atoms with E-state index in [4.69, 9.17) is 4.74 Å². The molecule has 0 atom stereocenters. The van der Waals surface area contributed by atoms with Crippen molar-refractivity contribution in [3.05, 3.63) is 0 Å². The van der Waals surface area contributed by atoms with E-state index in [9.17, 15) is 14.4 Å². The lowest BCUT2D eigenvalue weighted by molar-refractivity contribution is -0.143. The summed E-state index contributed by atoms with van der Waals surface area (Å²) < 4.78 is 9.45. The van der Waals surface area contributed by atoms with E-state index >= 15 is 0 Å². The quantitative estimate of drug-likeness (QED) is 0.319. The maximum Gasteiger partial charge on any atom is 0.315 e. The molecule has 17 heavy (non-hydrogen) atoms. The summed E-state index contributed by atoms with van der Waals surface area (Å²) in [6.45, 7) is 2.88. The van der Waals surface area contributed by atoms with Crippen molar-refractivity contribution in [2.45, 2.75) is 13.3 Å². The fraction of sp³-hybridized carbons (Fsp3) is 0.700. The normalized spacial score (nSPS) is 9.53. The molecule has 7 nitrogen and oxygen atoms in total. The van der Waals surface area contributed by atoms with E-state index in [-0.39, 0.29) is 12.3 Å². The lowest BCUT2D eigenvalue weighted by Crippen LogP contribution is -2.30. The molecule has 0 aliphatic carbocycles. The summed E-state index contributed by atoms with van der Waals surface area (Å²) in [5, 5.41) is 5.06. The summed E-state index contributed by atoms with van der Waals surface area (Å²) in [5.74, 6) is -1.09. The highest BCUT2D eigenvalue weighted by atomic mass is 16.5. The Hall–Kier alpha value is -1.63. The van der Waals surface area contributed by atoms with E-state index in [0.29, 0.717) is 26.3 Å². The second-order valence-corrected chi connectivity index (χ2v) is 3.20. The lowest BCUT2D eigenvalue weighted by atomic mass is 10.4. The minimum absolute atomic E-state index is 0.111. The van der Waals surface area contributed by atoms with Gasteiger partial charge in [0.1, 0.15) is 6.42 Å². The molecule has 0 unspecified atom stereocenters. The molecule has 0 radical (unpaired) electrons. The first kappa shape index (κ1) is 15.4. The fourth-order valence-corrected chi connectivity index (χ4v) is 0.930. The van der Waals surface area contributed by atoms with Gasteiger partial charge in [-0.3, -0.25) is 14.4 Å². The van der Waals surface area contributed by atoms with Crippen LogP contribution in [0.5, 0.6) is 0 Å². The van der Waals surface area contributed by atoms with Gasteiger partial charge in [0.25, 0.3) is 0 Å². The summed E-state index contributed by atoms with van der Waals surface area (Å²) in [7, 11) is 1.22. The highest BCUT2D eigenvalue weighted by Gasteiger charge is 2.07. The molecule has 2 amide bonds. The zero-order valence-electron chi connectivity index (χ0n) is 10.1. The number of amides is 2. The van der Waals surface area contributed by atoms with Crippen LogP contribution in [0.2, 0.25) is 0 Å². The number of hydrogen-bond donors (Lipinski definition) is 2. The van der Waals surface area contributed by atoms with Gasteiger partial charge >= 0.3 is 5.97 Å². The Morgan fingerprint density at radius 2 is 1.65 bits per heavy atom. The minimum Gasteiger partial charge on any atom is -0.469 e. The van der Waals surface area contributed by atoms with E-state index in [0.717, 1.165) is 0 Å². The Morgan fingerprint density at radius 1 is 1.06 bits per heavy atom. The molecule has 0 aromatic rings. The molecule has 7 heteroatoms. The fourth-order valence-electron chi connectivity index (χ4n) is 0.930. The molecule has 0 bridgehead atoms. The van der Waals surface area contributed by atoms with Crippen LogP contribution in [0.3, 0.4) is 0 Å². The molecule has 0 spiro atoms. The Bertz CT molecular complexity index is 267. The number of methoxy groups -OCH3 is 1. The molecular weight excluding hydrogens is 228 g/mol. The number of rotatable bonds is 8. The van der Waals surface area contributed by atoms with Gasteiger partial charge in [0, 0.05) is 20.0 Å². The van der Waals surface area contributed by atoms with Gasteiger partial charge in [0.05, 0.1) is 20.3 Å². The number of nitrogens with one attached hydrogen (secondary N) is 2. The average molecular weight is 246 g/mol. The van der Waals surface area contributed by atoms with Crippen molar-refractivity contribution in [3.63, 3.8) is 0 Å². The first-order chi connectivity index (χ1) is 8.06. The standard InChI is InChI=1S/C10H18N2O5/c1-8(13)11-3-5-17-6-4-12-9(14)7-10(15)16-2/h3-7H2,1-2H3,(H,11,13)(H,12,14). The highest BCUT2D eigenvalue weighted by molar-refractivity contribution is 5.94. The van der Waals surface area contributed by atoms with Crippen molar-refractivity contribution in [1.29, 1.82) is 0 Å². The molecule has 0 aromatic heterocycles. The number of ether oxygens (including phenoxy) is 2. The van der Waals surface area contributed by atoms with Crippen molar-refractivity contribution < 1.29 is 23.9 Å². The van der Waals surface area contributed by atoms with Gasteiger partial charge in [-0.05, 0) is 0 Å². The molecule has 0 aliphatic rings. The van der Waals surface area contributed by atoms with Gasteiger partial charge < -0.3 is 20.1 Å². The Kier molecular flexibility index (Phi) is 8.67. The molecule has 0 saturated heterocycles. The molecule has 0 aliphatic heterocycles. The second-order valence-electron chi connectivity index (χ2n) is 3.20. The van der Waals surface area contributed by atoms with Crippen molar-refractivity contribution >= 4 is 17.8 Å². The van der Waals surface area contributed by atoms with Crippen LogP contribution >= 0.6 is 0 Å². The summed E-state index contributed by atoms with van der Waals surface area (Å²) >= 11 is 0. The summed E-state index contributed by atoms with van der Waals surface area (Å²) in [6.07, 6.45) is -0.289. The SMILES string of the molecule is COC(=O)CC(=O)NCCOCCNC(C)=O. The first-order valence-corrected chi connectivity index (χ1v) is 5.22. The van der Waals surface area contributed by atoms with Crippen LogP contribution in [-0.2, 0) is 23.9 Å². The topological polar surface area (TPSA) is 93.7 Å². The zero-order valence-corrected chi connectivity index (χ0v) is 10.1. The predicted molar refractivity (Wildman–Crippen MR) is 59.1 cm³/mol. The van der Waals surface area contributed by atoms with Gasteiger partial charge in [-0.25, -0.2) is 0 Å². The van der Waals surface area contributed by atoms with E-state index in [1.807, 2.05) is 0 Å². The molecular formula is C10H18N2O5. The molecule has 98 valence electrons. The summed E-state index contributed by atoms with van der Waals surface area (Å²) in [5.41, 5.74) is 0. The smallest absolute Gasteiger partial charge is 0.315 e. The minimum atomic E-state index is -0.575. The maximum absolute atomic E-state index is 11.1. The third kappa shape index (κ3) is 10.6. The Balaban J connectivity index is 3.30. The number of esters is 1. The lowest BCUT2D eigenvalue weighted by Gasteiger charge is -2.06. The van der Waals surface area contributed by atoms with Crippen LogP contribution in [0.4, 0.5) is 0 Å². The highest BCUT2D eigenvalue weighted by Crippen LogP contribution is 1.83. The third-order valence-corrected chi connectivity index (χ3v) is 1.72. The van der Waals surface area contributed by atoms with Gasteiger partial charge in [-0.2, -0.15) is 0 Å². The van der Waals surface area contributed by atoms with Gasteiger partial charge in [-0.15, -0.1) is 0 Å². The van der Waals surface area contributed by atoms with Crippen molar-refractivity contribution in [2.75, 3.05) is 33.4 Å². The molecule has 0 rings (SSSR count). The number of carbonyl (C=O) groups excluding carboxylic acids is 3. The molecule has 0 heterocycles. The van der Waals surface area contributed by atoms with Crippen LogP contribution in [0.1, 0.15) is 13.3 Å². The van der Waals surface area contributed by atoms with E-state index in [2.05, 4.69) is 15.4 Å². The van der Waals surface area contributed by atoms with Crippen molar-refractivity contribution in [2.24, 2.45) is 0 Å². The van der Waals surface area contributed by atoms with Gasteiger partial charge in [0.2, 0.25) is 11.8 Å². The maximum atomic E-state index is 11.1. The molecule has 0 fully saturated rings. The molecule has 2 N–H and O–H groups in total. The van der Waals surface area contributed by atoms with E-state index < -0.39 is 11.9 Å². The molecule has 0 saturated carbocycles. The van der Waals surface area contributed by atoms with Gasteiger partial charge in [-0.1, -0.05) is 0 Å². The van der Waals surface area contributed by atoms with Crippen LogP contribution in [-0.4, -0.2) is 51.2 Å². The largest absolute Gasteiger partial charge is 0.469 e. The second kappa shape index (κ2) is 9.59. The van der Waals surface area contributed by atoms with E-state index in [1.54, 1.807) is 0 Å². The van der Waals surface area contributed by atoms with Crippen molar-refractivity contribution in [1.82, 2.24) is 10.6 Å². The van der Waals surface area contributed by atoms with Crippen LogP contribution in [0.15, 0.2) is 0 Å². The molecule has 0 aromatic carbocycles. The third-order valence-electron chi connectivity index (χ3n) is 1.72. The summed E-state index contributed by atoms with van der Waals surface area (Å²) in [6, 6.07) is 0. The van der Waals surface area contributed by atoms with Gasteiger partial charge in [0.15, 0.2) is 0 Å². The average Bonchev–Trinajstić information content (AvgIpc) is 2.27. The monoisotopic (exact) mass is 246 g/mol. The first-order valence-electron chi connectivity index (χ1n) is 5.22. The number of hydrogen-bond acceptors (Lipinski definition) is 5. The van der Waals surface area contributed by atoms with Crippen LogP contribution < -0.4 is 10.6 Å². The van der Waals surface area contributed by atoms with Crippen molar-refractivity contribution in [3.8, 4) is 0 Å². The zero-order chi connectivity index (χ0) is 13.1. The van der Waals surface area contributed by atoms with Crippen LogP contribution in [0, 0.1) is 0 Å². The van der Waals surface area contributed by atoms with E-state index in [1.165, 1.54) is 14.0 Å². The summed E-state index contributed by atoms with van der Waals surface area (Å²) in [4.78, 5) is 32.3.